The maximum atomic E-state index is 10.7. The van der Waals surface area contributed by atoms with E-state index in [0.29, 0.717) is 0 Å². The van der Waals surface area contributed by atoms with Gasteiger partial charge < -0.3 is 5.43 Å². The van der Waals surface area contributed by atoms with Gasteiger partial charge in [-0.05, 0) is 35.4 Å². The highest BCUT2D eigenvalue weighted by molar-refractivity contribution is 9.10. The van der Waals surface area contributed by atoms with Crippen molar-refractivity contribution in [1.82, 2.24) is 5.43 Å². The number of halogens is 1. The van der Waals surface area contributed by atoms with Crippen molar-refractivity contribution < 1.29 is 4.92 Å². The highest BCUT2D eigenvalue weighted by Gasteiger charge is 2.21. The van der Waals surface area contributed by atoms with Crippen molar-refractivity contribution in [2.45, 2.75) is 12.5 Å². The molecule has 0 spiro atoms. The third-order valence-electron chi connectivity index (χ3n) is 3.44. The van der Waals surface area contributed by atoms with Crippen molar-refractivity contribution in [3.8, 4) is 0 Å². The van der Waals surface area contributed by atoms with Gasteiger partial charge in [0, 0.05) is 23.0 Å². The first-order chi connectivity index (χ1) is 10.1. The molecule has 0 saturated heterocycles. The lowest BCUT2D eigenvalue weighted by Crippen LogP contribution is -2.09. The molecular formula is C15H12BrN3O2. The number of hydrogen-bond donors (Lipinski definition) is 1. The summed E-state index contributed by atoms with van der Waals surface area (Å²) in [7, 11) is 0. The molecule has 1 heterocycles. The molecule has 2 aromatic carbocycles. The fourth-order valence-corrected chi connectivity index (χ4v) is 2.55. The van der Waals surface area contributed by atoms with E-state index in [2.05, 4.69) is 38.6 Å². The summed E-state index contributed by atoms with van der Waals surface area (Å²) in [5.74, 6) is 0. The maximum Gasteiger partial charge on any atom is 0.269 e. The van der Waals surface area contributed by atoms with Crippen LogP contribution in [0.5, 0.6) is 0 Å². The van der Waals surface area contributed by atoms with Gasteiger partial charge in [-0.1, -0.05) is 28.1 Å². The molecule has 3 rings (SSSR count). The van der Waals surface area contributed by atoms with Crippen molar-refractivity contribution in [1.29, 1.82) is 0 Å². The third kappa shape index (κ3) is 2.95. The summed E-state index contributed by atoms with van der Waals surface area (Å²) in [5.41, 5.74) is 6.20. The van der Waals surface area contributed by atoms with Gasteiger partial charge in [-0.3, -0.25) is 10.1 Å². The van der Waals surface area contributed by atoms with E-state index in [1.807, 2.05) is 12.1 Å². The molecule has 1 atom stereocenters. The lowest BCUT2D eigenvalue weighted by Gasteiger charge is -2.10. The third-order valence-corrected chi connectivity index (χ3v) is 3.97. The van der Waals surface area contributed by atoms with E-state index in [-0.39, 0.29) is 11.7 Å². The van der Waals surface area contributed by atoms with E-state index in [9.17, 15) is 10.1 Å². The highest BCUT2D eigenvalue weighted by atomic mass is 79.9. The minimum atomic E-state index is -0.400. The van der Waals surface area contributed by atoms with Crippen LogP contribution >= 0.6 is 15.9 Å². The standard InChI is InChI=1S/C15H12BrN3O2/c16-12-5-1-10(2-6-12)14-9-15(18-17-14)11-3-7-13(8-4-11)19(20)21/h1-8,14,17H,9H2. The van der Waals surface area contributed by atoms with Gasteiger partial charge in [-0.25, -0.2) is 0 Å². The van der Waals surface area contributed by atoms with Gasteiger partial charge in [-0.15, -0.1) is 0 Å². The van der Waals surface area contributed by atoms with Crippen molar-refractivity contribution in [2.75, 3.05) is 0 Å². The maximum absolute atomic E-state index is 10.7. The van der Waals surface area contributed by atoms with Crippen molar-refractivity contribution in [2.24, 2.45) is 5.10 Å². The number of nitro benzene ring substituents is 1. The molecule has 0 amide bonds. The zero-order chi connectivity index (χ0) is 14.8. The summed E-state index contributed by atoms with van der Waals surface area (Å²) in [5, 5.41) is 15.0. The number of rotatable bonds is 3. The van der Waals surface area contributed by atoms with Gasteiger partial charge >= 0.3 is 0 Å². The van der Waals surface area contributed by atoms with Gasteiger partial charge in [0.25, 0.3) is 5.69 Å². The molecule has 2 aromatic rings. The number of nitrogens with one attached hydrogen (secondary N) is 1. The monoisotopic (exact) mass is 345 g/mol. The largest absolute Gasteiger partial charge is 0.302 e. The Morgan fingerprint density at radius 1 is 1.14 bits per heavy atom. The Hall–Kier alpha value is -2.21. The summed E-state index contributed by atoms with van der Waals surface area (Å²) < 4.78 is 1.04. The van der Waals surface area contributed by atoms with Crippen LogP contribution in [0.15, 0.2) is 58.1 Å². The minimum absolute atomic E-state index is 0.0924. The fraction of sp³-hybridized carbons (Fsp3) is 0.133. The van der Waals surface area contributed by atoms with Gasteiger partial charge in [0.1, 0.15) is 0 Å². The summed E-state index contributed by atoms with van der Waals surface area (Å²) in [6.45, 7) is 0. The predicted molar refractivity (Wildman–Crippen MR) is 84.3 cm³/mol. The van der Waals surface area contributed by atoms with Crippen LogP contribution < -0.4 is 5.43 Å². The Kier molecular flexibility index (Phi) is 3.70. The van der Waals surface area contributed by atoms with E-state index in [0.717, 1.165) is 22.2 Å². The van der Waals surface area contributed by atoms with Gasteiger partial charge in [0.2, 0.25) is 0 Å². The Balaban J connectivity index is 1.74. The average molecular weight is 346 g/mol. The van der Waals surface area contributed by atoms with E-state index in [1.54, 1.807) is 12.1 Å². The zero-order valence-electron chi connectivity index (χ0n) is 11.0. The first kappa shape index (κ1) is 13.8. The Labute approximate surface area is 130 Å². The van der Waals surface area contributed by atoms with Crippen LogP contribution in [0.3, 0.4) is 0 Å². The van der Waals surface area contributed by atoms with Crippen LogP contribution in [0.4, 0.5) is 5.69 Å². The number of benzene rings is 2. The number of hydrogen-bond acceptors (Lipinski definition) is 4. The van der Waals surface area contributed by atoms with E-state index in [4.69, 9.17) is 0 Å². The molecule has 1 unspecified atom stereocenters. The lowest BCUT2D eigenvalue weighted by atomic mass is 9.99. The average Bonchev–Trinajstić information content (AvgIpc) is 2.98. The Morgan fingerprint density at radius 3 is 2.43 bits per heavy atom. The molecule has 21 heavy (non-hydrogen) atoms. The van der Waals surface area contributed by atoms with Gasteiger partial charge in [0.15, 0.2) is 0 Å². The van der Waals surface area contributed by atoms with Crippen LogP contribution in [0.2, 0.25) is 0 Å². The number of nitrogens with zero attached hydrogens (tertiary/aromatic N) is 2. The molecule has 106 valence electrons. The lowest BCUT2D eigenvalue weighted by molar-refractivity contribution is -0.384. The second kappa shape index (κ2) is 5.65. The number of hydrazone groups is 1. The summed E-state index contributed by atoms with van der Waals surface area (Å²) in [6.07, 6.45) is 0.763. The first-order valence-electron chi connectivity index (χ1n) is 6.46. The van der Waals surface area contributed by atoms with Crippen LogP contribution in [0.1, 0.15) is 23.6 Å². The number of non-ortho nitro benzene ring substituents is 1. The molecule has 0 saturated carbocycles. The van der Waals surface area contributed by atoms with Gasteiger partial charge in [0.05, 0.1) is 16.7 Å². The smallest absolute Gasteiger partial charge is 0.269 e. The van der Waals surface area contributed by atoms with Crippen molar-refractivity contribution in [3.63, 3.8) is 0 Å². The van der Waals surface area contributed by atoms with E-state index in [1.165, 1.54) is 17.7 Å². The second-order valence-corrected chi connectivity index (χ2v) is 5.72. The molecule has 0 aromatic heterocycles. The topological polar surface area (TPSA) is 67.5 Å². The zero-order valence-corrected chi connectivity index (χ0v) is 12.6. The highest BCUT2D eigenvalue weighted by Crippen LogP contribution is 2.26. The fourth-order valence-electron chi connectivity index (χ4n) is 2.29. The normalized spacial score (nSPS) is 17.2. The molecule has 0 radical (unpaired) electrons. The molecule has 6 heteroatoms. The second-order valence-electron chi connectivity index (χ2n) is 4.80. The van der Waals surface area contributed by atoms with Crippen LogP contribution in [-0.2, 0) is 0 Å². The molecule has 0 bridgehead atoms. The summed E-state index contributed by atoms with van der Waals surface area (Å²) >= 11 is 3.42. The minimum Gasteiger partial charge on any atom is -0.302 e. The summed E-state index contributed by atoms with van der Waals surface area (Å²) in [6, 6.07) is 14.7. The quantitative estimate of drug-likeness (QED) is 0.679. The first-order valence-corrected chi connectivity index (χ1v) is 7.25. The Bertz CT molecular complexity index is 696. The summed E-state index contributed by atoms with van der Waals surface area (Å²) in [4.78, 5) is 10.3. The van der Waals surface area contributed by atoms with Crippen molar-refractivity contribution >= 4 is 27.3 Å². The van der Waals surface area contributed by atoms with E-state index >= 15 is 0 Å². The van der Waals surface area contributed by atoms with Crippen LogP contribution in [-0.4, -0.2) is 10.6 Å². The van der Waals surface area contributed by atoms with E-state index < -0.39 is 4.92 Å². The van der Waals surface area contributed by atoms with Gasteiger partial charge in [-0.2, -0.15) is 5.10 Å². The molecule has 1 N–H and O–H groups in total. The predicted octanol–water partition coefficient (Wildman–Crippen LogP) is 3.80. The van der Waals surface area contributed by atoms with Crippen molar-refractivity contribution in [3.05, 3.63) is 74.2 Å². The Morgan fingerprint density at radius 2 is 1.81 bits per heavy atom. The molecule has 1 aliphatic heterocycles. The molecule has 0 fully saturated rings. The number of nitro groups is 1. The molecule has 5 nitrogen and oxygen atoms in total. The van der Waals surface area contributed by atoms with Crippen LogP contribution in [0.25, 0.3) is 0 Å². The SMILES string of the molecule is O=[N+]([O-])c1ccc(C2=NNC(c3ccc(Br)cc3)C2)cc1. The van der Waals surface area contributed by atoms with Crippen LogP contribution in [0, 0.1) is 10.1 Å². The molecule has 0 aliphatic carbocycles. The molecular weight excluding hydrogens is 334 g/mol. The molecule has 1 aliphatic rings.